The fourth-order valence-corrected chi connectivity index (χ4v) is 3.57. The molecule has 8 nitrogen and oxygen atoms in total. The number of carbonyl (C=O) groups is 2. The SMILES string of the molecule is Cc1cc(C(=O)CCCCC[C@H](NC(=O)CN(C)C)c2ncc(-c3ccccc3F)[nH]2)no1. The van der Waals surface area contributed by atoms with Crippen molar-refractivity contribution in [2.24, 2.45) is 0 Å². The van der Waals surface area contributed by atoms with Gasteiger partial charge in [-0.2, -0.15) is 0 Å². The summed E-state index contributed by atoms with van der Waals surface area (Å²) in [4.78, 5) is 33.9. The molecule has 0 spiro atoms. The lowest BCUT2D eigenvalue weighted by atomic mass is 10.0. The van der Waals surface area contributed by atoms with Crippen molar-refractivity contribution in [3.8, 4) is 11.3 Å². The van der Waals surface area contributed by atoms with Gasteiger partial charge >= 0.3 is 0 Å². The smallest absolute Gasteiger partial charge is 0.234 e. The lowest BCUT2D eigenvalue weighted by Crippen LogP contribution is -2.36. The number of rotatable bonds is 12. The Balaban J connectivity index is 1.59. The Morgan fingerprint density at radius 1 is 1.21 bits per heavy atom. The van der Waals surface area contributed by atoms with E-state index in [0.29, 0.717) is 47.8 Å². The van der Waals surface area contributed by atoms with Gasteiger partial charge in [0.05, 0.1) is 24.5 Å². The van der Waals surface area contributed by atoms with Gasteiger partial charge in [-0.3, -0.25) is 9.59 Å². The Morgan fingerprint density at radius 3 is 2.70 bits per heavy atom. The van der Waals surface area contributed by atoms with Gasteiger partial charge in [0.15, 0.2) is 5.78 Å². The second-order valence-corrected chi connectivity index (χ2v) is 8.37. The van der Waals surface area contributed by atoms with E-state index in [1.807, 2.05) is 14.1 Å². The number of ketones is 1. The van der Waals surface area contributed by atoms with Crippen molar-refractivity contribution < 1.29 is 18.5 Å². The van der Waals surface area contributed by atoms with Crippen LogP contribution in [0.25, 0.3) is 11.3 Å². The summed E-state index contributed by atoms with van der Waals surface area (Å²) in [6, 6.07) is 7.77. The number of Topliss-reactive ketones (excluding diaryl/α,β-unsaturated/α-hetero) is 1. The average Bonchev–Trinajstić information content (AvgIpc) is 3.42. The van der Waals surface area contributed by atoms with E-state index in [9.17, 15) is 14.0 Å². The minimum Gasteiger partial charge on any atom is -0.361 e. The second-order valence-electron chi connectivity index (χ2n) is 8.37. The topological polar surface area (TPSA) is 104 Å². The summed E-state index contributed by atoms with van der Waals surface area (Å²) >= 11 is 0. The number of halogens is 1. The molecule has 0 saturated carbocycles. The normalized spacial score (nSPS) is 12.2. The second kappa shape index (κ2) is 11.5. The van der Waals surface area contributed by atoms with Crippen LogP contribution in [0.4, 0.5) is 4.39 Å². The molecule has 0 radical (unpaired) electrons. The highest BCUT2D eigenvalue weighted by atomic mass is 19.1. The molecule has 176 valence electrons. The molecule has 2 heterocycles. The lowest BCUT2D eigenvalue weighted by molar-refractivity contribution is -0.122. The van der Waals surface area contributed by atoms with E-state index in [4.69, 9.17) is 4.52 Å². The Bertz CT molecular complexity index is 1080. The van der Waals surface area contributed by atoms with Crippen LogP contribution >= 0.6 is 0 Å². The number of unbranched alkanes of at least 4 members (excludes halogenated alkanes) is 2. The number of hydrogen-bond donors (Lipinski definition) is 2. The number of benzene rings is 1. The number of aromatic nitrogens is 3. The predicted molar refractivity (Wildman–Crippen MR) is 122 cm³/mol. The summed E-state index contributed by atoms with van der Waals surface area (Å²) in [7, 11) is 3.65. The van der Waals surface area contributed by atoms with Crippen molar-refractivity contribution in [3.05, 3.63) is 59.6 Å². The highest BCUT2D eigenvalue weighted by Crippen LogP contribution is 2.24. The van der Waals surface area contributed by atoms with Crippen molar-refractivity contribution >= 4 is 11.7 Å². The monoisotopic (exact) mass is 455 g/mol. The quantitative estimate of drug-likeness (QED) is 0.315. The van der Waals surface area contributed by atoms with Gasteiger partial charge in [-0.15, -0.1) is 0 Å². The van der Waals surface area contributed by atoms with Crippen LogP contribution in [0.5, 0.6) is 0 Å². The van der Waals surface area contributed by atoms with E-state index >= 15 is 0 Å². The van der Waals surface area contributed by atoms with Gasteiger partial charge in [0, 0.05) is 18.1 Å². The summed E-state index contributed by atoms with van der Waals surface area (Å²) in [5, 5.41) is 6.77. The van der Waals surface area contributed by atoms with Crippen molar-refractivity contribution in [2.75, 3.05) is 20.6 Å². The molecule has 9 heteroatoms. The molecule has 33 heavy (non-hydrogen) atoms. The number of nitrogens with one attached hydrogen (secondary N) is 2. The third-order valence-corrected chi connectivity index (χ3v) is 5.19. The first-order valence-electron chi connectivity index (χ1n) is 11.0. The van der Waals surface area contributed by atoms with Crippen molar-refractivity contribution in [3.63, 3.8) is 0 Å². The Labute approximate surface area is 192 Å². The number of hydrogen-bond acceptors (Lipinski definition) is 6. The molecular weight excluding hydrogens is 425 g/mol. The molecule has 1 aromatic carbocycles. The van der Waals surface area contributed by atoms with Crippen LogP contribution in [0.15, 0.2) is 41.1 Å². The summed E-state index contributed by atoms with van der Waals surface area (Å²) in [5.74, 6) is 0.693. The molecule has 0 saturated heterocycles. The molecular formula is C24H30FN5O3. The molecule has 2 aromatic heterocycles. The summed E-state index contributed by atoms with van der Waals surface area (Å²) in [6.45, 7) is 2.00. The molecule has 0 fully saturated rings. The summed E-state index contributed by atoms with van der Waals surface area (Å²) < 4.78 is 19.1. The summed E-state index contributed by atoms with van der Waals surface area (Å²) in [5.41, 5.74) is 1.34. The lowest BCUT2D eigenvalue weighted by Gasteiger charge is -2.18. The highest BCUT2D eigenvalue weighted by molar-refractivity contribution is 5.94. The average molecular weight is 456 g/mol. The fraction of sp³-hybridized carbons (Fsp3) is 0.417. The van der Waals surface area contributed by atoms with Crippen LogP contribution < -0.4 is 5.32 Å². The van der Waals surface area contributed by atoms with Crippen molar-refractivity contribution in [2.45, 2.75) is 45.1 Å². The zero-order chi connectivity index (χ0) is 23.8. The molecule has 1 atom stereocenters. The zero-order valence-corrected chi connectivity index (χ0v) is 19.2. The highest BCUT2D eigenvalue weighted by Gasteiger charge is 2.19. The number of likely N-dealkylation sites (N-methyl/N-ethyl adjacent to an activating group) is 1. The molecule has 2 N–H and O–H groups in total. The van der Waals surface area contributed by atoms with Gasteiger partial charge in [0.2, 0.25) is 5.91 Å². The van der Waals surface area contributed by atoms with E-state index in [2.05, 4.69) is 20.4 Å². The standard InChI is InChI=1S/C24H30FN5O3/c1-16-13-20(29-33-16)22(31)12-6-4-5-11-19(27-23(32)15-30(2)3)24-26-14-21(28-24)17-9-7-8-10-18(17)25/h7-10,13-14,19H,4-6,11-12,15H2,1-3H3,(H,26,28)(H,27,32)/t19-/m0/s1. The molecule has 0 bridgehead atoms. The van der Waals surface area contributed by atoms with Crippen molar-refractivity contribution in [1.29, 1.82) is 0 Å². The Morgan fingerprint density at radius 2 is 2.00 bits per heavy atom. The fourth-order valence-electron chi connectivity index (χ4n) is 3.57. The maximum absolute atomic E-state index is 14.2. The number of carbonyl (C=O) groups excluding carboxylic acids is 2. The van der Waals surface area contributed by atoms with Crippen molar-refractivity contribution in [1.82, 2.24) is 25.3 Å². The van der Waals surface area contributed by atoms with Crippen LogP contribution in [0.2, 0.25) is 0 Å². The number of H-pyrrole nitrogens is 1. The molecule has 3 aromatic rings. The number of aryl methyl sites for hydroxylation is 1. The summed E-state index contributed by atoms with van der Waals surface area (Å²) in [6.07, 6.45) is 4.92. The molecule has 1 amide bonds. The predicted octanol–water partition coefficient (Wildman–Crippen LogP) is 4.06. The van der Waals surface area contributed by atoms with Gasteiger partial charge in [0.1, 0.15) is 23.1 Å². The third kappa shape index (κ3) is 7.08. The first-order valence-corrected chi connectivity index (χ1v) is 11.0. The first-order chi connectivity index (χ1) is 15.8. The number of imidazole rings is 1. The number of amides is 1. The van der Waals surface area contributed by atoms with Crippen LogP contribution in [0.1, 0.15) is 60.2 Å². The van der Waals surface area contributed by atoms with E-state index < -0.39 is 0 Å². The molecule has 0 aliphatic carbocycles. The van der Waals surface area contributed by atoms with Gasteiger partial charge < -0.3 is 19.7 Å². The van der Waals surface area contributed by atoms with Crippen LogP contribution in [-0.2, 0) is 4.79 Å². The maximum atomic E-state index is 14.2. The molecule has 3 rings (SSSR count). The molecule has 0 unspecified atom stereocenters. The molecule has 0 aliphatic rings. The molecule has 0 aliphatic heterocycles. The number of aromatic amines is 1. The minimum atomic E-state index is -0.341. The number of nitrogens with zero attached hydrogens (tertiary/aromatic N) is 3. The Hall–Kier alpha value is -3.33. The Kier molecular flexibility index (Phi) is 8.48. The van der Waals surface area contributed by atoms with E-state index in [1.54, 1.807) is 42.3 Å². The van der Waals surface area contributed by atoms with E-state index in [1.165, 1.54) is 6.07 Å². The van der Waals surface area contributed by atoms with Crippen LogP contribution in [-0.4, -0.2) is 52.4 Å². The van der Waals surface area contributed by atoms with Gasteiger partial charge in [-0.25, -0.2) is 9.37 Å². The maximum Gasteiger partial charge on any atom is 0.234 e. The van der Waals surface area contributed by atoms with Gasteiger partial charge in [-0.05, 0) is 46.0 Å². The zero-order valence-electron chi connectivity index (χ0n) is 19.2. The first kappa shape index (κ1) is 24.3. The largest absolute Gasteiger partial charge is 0.361 e. The van der Waals surface area contributed by atoms with Gasteiger partial charge in [-0.1, -0.05) is 30.1 Å². The van der Waals surface area contributed by atoms with E-state index in [0.717, 1.165) is 12.8 Å². The minimum absolute atomic E-state index is 0.0387. The third-order valence-electron chi connectivity index (χ3n) is 5.19. The van der Waals surface area contributed by atoms with Crippen LogP contribution in [0.3, 0.4) is 0 Å². The van der Waals surface area contributed by atoms with E-state index in [-0.39, 0.29) is 30.1 Å². The van der Waals surface area contributed by atoms with Gasteiger partial charge in [0.25, 0.3) is 0 Å². The van der Waals surface area contributed by atoms with Crippen LogP contribution in [0, 0.1) is 12.7 Å².